The lowest BCUT2D eigenvalue weighted by Crippen LogP contribution is -2.35. The van der Waals surface area contributed by atoms with Crippen molar-refractivity contribution < 1.29 is 9.53 Å². The number of carbonyl (C=O) groups excluding carboxylic acids is 1. The molecule has 0 radical (unpaired) electrons. The molecule has 0 bridgehead atoms. The molecule has 1 N–H and O–H groups in total. The molecule has 1 saturated carbocycles. The monoisotopic (exact) mass is 372 g/mol. The van der Waals surface area contributed by atoms with Gasteiger partial charge in [0.25, 0.3) is 5.91 Å². The highest BCUT2D eigenvalue weighted by atomic mass is 16.5. The van der Waals surface area contributed by atoms with Crippen LogP contribution in [0.5, 0.6) is 5.75 Å². The lowest BCUT2D eigenvalue weighted by atomic mass is 9.60. The van der Waals surface area contributed by atoms with Gasteiger partial charge in [-0.3, -0.25) is 9.78 Å². The Bertz CT molecular complexity index is 931. The fourth-order valence-electron chi connectivity index (χ4n) is 3.87. The zero-order valence-electron chi connectivity index (χ0n) is 16.0. The van der Waals surface area contributed by atoms with Gasteiger partial charge < -0.3 is 10.1 Å². The quantitative estimate of drug-likeness (QED) is 0.694. The highest BCUT2D eigenvalue weighted by Crippen LogP contribution is 2.49. The summed E-state index contributed by atoms with van der Waals surface area (Å²) in [5, 5.41) is 2.67. The van der Waals surface area contributed by atoms with Crippen LogP contribution in [0.3, 0.4) is 0 Å². The highest BCUT2D eigenvalue weighted by molar-refractivity contribution is 5.94. The maximum Gasteiger partial charge on any atom is 0.251 e. The van der Waals surface area contributed by atoms with E-state index in [0.29, 0.717) is 12.2 Å². The fraction of sp³-hybridized carbons (Fsp3) is 0.250. The molecule has 0 unspecified atom stereocenters. The molecule has 1 aromatic heterocycles. The molecule has 4 rings (SSSR count). The van der Waals surface area contributed by atoms with E-state index in [1.165, 1.54) is 17.5 Å². The minimum absolute atomic E-state index is 0.0424. The molecule has 1 amide bonds. The number of amides is 1. The molecule has 1 fully saturated rings. The summed E-state index contributed by atoms with van der Waals surface area (Å²) in [4.78, 5) is 16.1. The van der Waals surface area contributed by atoms with Crippen molar-refractivity contribution in [3.05, 3.63) is 95.3 Å². The summed E-state index contributed by atoms with van der Waals surface area (Å²) in [5.74, 6) is 0.794. The standard InChI is InChI=1S/C24H24N2O2/c1-25-23(27)18-6-8-19(9-7-18)24(14-4-15-24)20-10-12-22(13-11-20)28-17-21-5-2-3-16-26-21/h2-3,5-13,16H,4,14-15,17H2,1H3,(H,25,27). The van der Waals surface area contributed by atoms with Crippen LogP contribution in [0.25, 0.3) is 0 Å². The normalized spacial score (nSPS) is 14.8. The first-order chi connectivity index (χ1) is 13.7. The Balaban J connectivity index is 1.51. The van der Waals surface area contributed by atoms with Crippen molar-refractivity contribution in [3.63, 3.8) is 0 Å². The summed E-state index contributed by atoms with van der Waals surface area (Å²) >= 11 is 0. The third-order valence-corrected chi connectivity index (χ3v) is 5.65. The van der Waals surface area contributed by atoms with E-state index in [0.717, 1.165) is 24.3 Å². The van der Waals surface area contributed by atoms with E-state index in [-0.39, 0.29) is 11.3 Å². The maximum atomic E-state index is 11.8. The van der Waals surface area contributed by atoms with Gasteiger partial charge in [-0.15, -0.1) is 0 Å². The van der Waals surface area contributed by atoms with Crippen LogP contribution in [0.1, 0.15) is 46.4 Å². The predicted octanol–water partition coefficient (Wildman–Crippen LogP) is 4.49. The maximum absolute atomic E-state index is 11.8. The second-order valence-electron chi connectivity index (χ2n) is 7.23. The lowest BCUT2D eigenvalue weighted by Gasteiger charge is -2.43. The van der Waals surface area contributed by atoms with E-state index in [2.05, 4.69) is 34.6 Å². The Labute approximate surface area is 165 Å². The summed E-state index contributed by atoms with van der Waals surface area (Å²) in [6, 6.07) is 22.2. The molecule has 4 heteroatoms. The number of rotatable bonds is 6. The number of aromatic nitrogens is 1. The number of ether oxygens (including phenoxy) is 1. The van der Waals surface area contributed by atoms with E-state index in [1.54, 1.807) is 13.2 Å². The molecule has 1 aliphatic rings. The van der Waals surface area contributed by atoms with Crippen LogP contribution >= 0.6 is 0 Å². The van der Waals surface area contributed by atoms with Crippen LogP contribution in [0.4, 0.5) is 0 Å². The van der Waals surface area contributed by atoms with Crippen molar-refractivity contribution in [1.82, 2.24) is 10.3 Å². The molecular weight excluding hydrogens is 348 g/mol. The highest BCUT2D eigenvalue weighted by Gasteiger charge is 2.40. The first-order valence-electron chi connectivity index (χ1n) is 9.67. The van der Waals surface area contributed by atoms with Crippen molar-refractivity contribution in [2.24, 2.45) is 0 Å². The van der Waals surface area contributed by atoms with Crippen molar-refractivity contribution >= 4 is 5.91 Å². The second-order valence-corrected chi connectivity index (χ2v) is 7.23. The van der Waals surface area contributed by atoms with Crippen molar-refractivity contribution in [2.75, 3.05) is 7.05 Å². The van der Waals surface area contributed by atoms with E-state index < -0.39 is 0 Å². The molecule has 0 spiro atoms. The lowest BCUT2D eigenvalue weighted by molar-refractivity contribution is 0.0963. The minimum Gasteiger partial charge on any atom is -0.487 e. The largest absolute Gasteiger partial charge is 0.487 e. The number of nitrogens with zero attached hydrogens (tertiary/aromatic N) is 1. The van der Waals surface area contributed by atoms with Gasteiger partial charge in [0.05, 0.1) is 5.69 Å². The summed E-state index contributed by atoms with van der Waals surface area (Å²) < 4.78 is 5.86. The predicted molar refractivity (Wildman–Crippen MR) is 109 cm³/mol. The van der Waals surface area contributed by atoms with Gasteiger partial charge in [0.1, 0.15) is 12.4 Å². The van der Waals surface area contributed by atoms with Crippen LogP contribution in [0.2, 0.25) is 0 Å². The average Bonchev–Trinajstić information content (AvgIpc) is 2.73. The van der Waals surface area contributed by atoms with Gasteiger partial charge in [0, 0.05) is 24.2 Å². The number of hydrogen-bond acceptors (Lipinski definition) is 3. The molecule has 0 saturated heterocycles. The molecular formula is C24H24N2O2. The molecule has 2 aromatic carbocycles. The number of pyridine rings is 1. The number of nitrogens with one attached hydrogen (secondary N) is 1. The molecule has 3 aromatic rings. The Hall–Kier alpha value is -3.14. The Morgan fingerprint density at radius 3 is 2.21 bits per heavy atom. The summed E-state index contributed by atoms with van der Waals surface area (Å²) in [7, 11) is 1.65. The molecule has 28 heavy (non-hydrogen) atoms. The molecule has 142 valence electrons. The second kappa shape index (κ2) is 7.85. The number of hydrogen-bond donors (Lipinski definition) is 1. The van der Waals surface area contributed by atoms with E-state index in [1.807, 2.05) is 42.5 Å². The van der Waals surface area contributed by atoms with Gasteiger partial charge >= 0.3 is 0 Å². The van der Waals surface area contributed by atoms with Crippen LogP contribution in [-0.2, 0) is 12.0 Å². The van der Waals surface area contributed by atoms with Gasteiger partial charge in [-0.05, 0) is 60.4 Å². The van der Waals surface area contributed by atoms with E-state index in [4.69, 9.17) is 4.74 Å². The van der Waals surface area contributed by atoms with Gasteiger partial charge in [-0.2, -0.15) is 0 Å². The van der Waals surface area contributed by atoms with E-state index >= 15 is 0 Å². The van der Waals surface area contributed by atoms with Gasteiger partial charge in [-0.25, -0.2) is 0 Å². The zero-order valence-corrected chi connectivity index (χ0v) is 16.0. The van der Waals surface area contributed by atoms with Gasteiger partial charge in [0.15, 0.2) is 0 Å². The molecule has 1 heterocycles. The topological polar surface area (TPSA) is 51.2 Å². The Morgan fingerprint density at radius 2 is 1.68 bits per heavy atom. The Kier molecular flexibility index (Phi) is 5.11. The fourth-order valence-corrected chi connectivity index (χ4v) is 3.87. The van der Waals surface area contributed by atoms with Crippen molar-refractivity contribution in [2.45, 2.75) is 31.3 Å². The van der Waals surface area contributed by atoms with Crippen molar-refractivity contribution in [3.8, 4) is 5.75 Å². The summed E-state index contributed by atoms with van der Waals surface area (Å²) in [5.41, 5.74) is 4.23. The zero-order chi connectivity index (χ0) is 19.4. The first kappa shape index (κ1) is 18.2. The first-order valence-corrected chi connectivity index (χ1v) is 9.67. The third-order valence-electron chi connectivity index (χ3n) is 5.65. The summed E-state index contributed by atoms with van der Waals surface area (Å²) in [6.45, 7) is 0.465. The molecule has 1 aliphatic carbocycles. The third kappa shape index (κ3) is 3.50. The molecule has 4 nitrogen and oxygen atoms in total. The number of carbonyl (C=O) groups is 1. The van der Waals surface area contributed by atoms with Crippen LogP contribution in [-0.4, -0.2) is 17.9 Å². The van der Waals surface area contributed by atoms with Crippen LogP contribution in [0.15, 0.2) is 72.9 Å². The van der Waals surface area contributed by atoms with Crippen LogP contribution < -0.4 is 10.1 Å². The van der Waals surface area contributed by atoms with Gasteiger partial charge in [-0.1, -0.05) is 36.8 Å². The Morgan fingerprint density at radius 1 is 1.00 bits per heavy atom. The number of benzene rings is 2. The molecule has 0 aliphatic heterocycles. The molecule has 0 atom stereocenters. The van der Waals surface area contributed by atoms with Gasteiger partial charge in [0.2, 0.25) is 0 Å². The van der Waals surface area contributed by atoms with E-state index in [9.17, 15) is 4.79 Å². The SMILES string of the molecule is CNC(=O)c1ccc(C2(c3ccc(OCc4ccccn4)cc3)CCC2)cc1. The van der Waals surface area contributed by atoms with Crippen LogP contribution in [0, 0.1) is 0 Å². The van der Waals surface area contributed by atoms with Crippen molar-refractivity contribution in [1.29, 1.82) is 0 Å². The smallest absolute Gasteiger partial charge is 0.251 e. The minimum atomic E-state index is -0.0522. The summed E-state index contributed by atoms with van der Waals surface area (Å²) in [6.07, 6.45) is 5.24. The average molecular weight is 372 g/mol.